The van der Waals surface area contributed by atoms with Gasteiger partial charge in [0, 0.05) is 10.9 Å². The van der Waals surface area contributed by atoms with Crippen molar-refractivity contribution in [3.63, 3.8) is 0 Å². The van der Waals surface area contributed by atoms with Gasteiger partial charge in [0.1, 0.15) is 11.3 Å². The van der Waals surface area contributed by atoms with E-state index in [1.54, 1.807) is 0 Å². The largest absolute Gasteiger partial charge is 0.456 e. The number of hydrogen-bond donors (Lipinski definition) is 0. The minimum atomic E-state index is -0.400. The molecular formula is C40H26O. The molecule has 0 saturated heterocycles. The first kappa shape index (κ1) is 18.8. The maximum atomic E-state index is 8.79. The second kappa shape index (κ2) is 9.66. The maximum absolute atomic E-state index is 8.79. The highest BCUT2D eigenvalue weighted by Crippen LogP contribution is 2.44. The van der Waals surface area contributed by atoms with Gasteiger partial charge in [-0.3, -0.25) is 0 Å². The summed E-state index contributed by atoms with van der Waals surface area (Å²) in [5.41, 5.74) is 6.87. The number of furan rings is 1. The van der Waals surface area contributed by atoms with Crippen molar-refractivity contribution in [2.24, 2.45) is 0 Å². The second-order valence-corrected chi connectivity index (χ2v) is 10.1. The van der Waals surface area contributed by atoms with E-state index < -0.39 is 6.04 Å². The standard InChI is InChI=1S/C40H26O/c1-3-13-27(14-4-1)31-17-7-8-18-32(31)38-26-30-25-29(23-24-37(30)41-38)40-35-21-11-9-19-33(35)39(28-15-5-2-6-16-28)34-20-10-12-22-36(34)40/h1-26H/i2D,5D,6D,15D,16D. The zero-order chi connectivity index (χ0) is 31.5. The van der Waals surface area contributed by atoms with Gasteiger partial charge in [-0.2, -0.15) is 0 Å². The average Bonchev–Trinajstić information content (AvgIpc) is 3.53. The third-order valence-corrected chi connectivity index (χ3v) is 7.76. The van der Waals surface area contributed by atoms with E-state index in [2.05, 4.69) is 42.5 Å². The summed E-state index contributed by atoms with van der Waals surface area (Å²) in [6.45, 7) is 0. The van der Waals surface area contributed by atoms with Gasteiger partial charge in [-0.1, -0.05) is 139 Å². The molecule has 8 aromatic rings. The van der Waals surface area contributed by atoms with Gasteiger partial charge in [-0.15, -0.1) is 0 Å². The van der Waals surface area contributed by atoms with Crippen LogP contribution in [0.2, 0.25) is 0 Å². The lowest BCUT2D eigenvalue weighted by Crippen LogP contribution is -1.90. The number of fused-ring (bicyclic) bond motifs is 3. The molecule has 1 aromatic heterocycles. The minimum Gasteiger partial charge on any atom is -0.456 e. The zero-order valence-electron chi connectivity index (χ0n) is 27.0. The first-order chi connectivity index (χ1) is 22.4. The van der Waals surface area contributed by atoms with Crippen LogP contribution in [0.15, 0.2) is 162 Å². The SMILES string of the molecule is [2H]c1c([2H])c([2H])c(-c2c3ccccc3c(-c3ccc4oc(-c5ccccc5-c5ccccc5)cc4c3)c3ccccc23)c([2H])c1[2H]. The second-order valence-electron chi connectivity index (χ2n) is 10.1. The third kappa shape index (κ3) is 3.94. The van der Waals surface area contributed by atoms with E-state index in [-0.39, 0.29) is 29.7 Å². The molecule has 0 aliphatic rings. The first-order valence-corrected chi connectivity index (χ1v) is 13.6. The maximum Gasteiger partial charge on any atom is 0.136 e. The summed E-state index contributed by atoms with van der Waals surface area (Å²) in [4.78, 5) is 0. The Morgan fingerprint density at radius 3 is 1.66 bits per heavy atom. The molecule has 0 fully saturated rings. The molecule has 0 bridgehead atoms. The normalized spacial score (nSPS) is 13.1. The van der Waals surface area contributed by atoms with Gasteiger partial charge in [0.05, 0.1) is 6.85 Å². The Labute approximate surface area is 246 Å². The van der Waals surface area contributed by atoms with Crippen LogP contribution in [0.3, 0.4) is 0 Å². The van der Waals surface area contributed by atoms with Gasteiger partial charge in [0.15, 0.2) is 0 Å². The zero-order valence-corrected chi connectivity index (χ0v) is 22.0. The molecule has 0 spiro atoms. The summed E-state index contributed by atoms with van der Waals surface area (Å²) < 4.78 is 48.9. The molecule has 0 unspecified atom stereocenters. The fraction of sp³-hybridized carbons (Fsp3) is 0. The van der Waals surface area contributed by atoms with E-state index in [1.165, 1.54) is 0 Å². The van der Waals surface area contributed by atoms with Crippen LogP contribution < -0.4 is 0 Å². The fourth-order valence-electron chi connectivity index (χ4n) is 5.98. The molecule has 0 radical (unpaired) electrons. The first-order valence-electron chi connectivity index (χ1n) is 16.1. The molecule has 41 heavy (non-hydrogen) atoms. The molecule has 192 valence electrons. The third-order valence-electron chi connectivity index (χ3n) is 7.76. The molecule has 0 atom stereocenters. The Morgan fingerprint density at radius 2 is 1.00 bits per heavy atom. The summed E-state index contributed by atoms with van der Waals surface area (Å²) in [7, 11) is 0. The van der Waals surface area contributed by atoms with Gasteiger partial charge in [-0.05, 0) is 73.1 Å². The van der Waals surface area contributed by atoms with Crippen molar-refractivity contribution in [1.82, 2.24) is 0 Å². The van der Waals surface area contributed by atoms with E-state index >= 15 is 0 Å². The van der Waals surface area contributed by atoms with E-state index in [1.807, 2.05) is 84.9 Å². The summed E-state index contributed by atoms with van der Waals surface area (Å²) >= 11 is 0. The predicted molar refractivity (Wildman–Crippen MR) is 173 cm³/mol. The Bertz CT molecular complexity index is 2390. The monoisotopic (exact) mass is 527 g/mol. The highest BCUT2D eigenvalue weighted by molar-refractivity contribution is 6.21. The molecule has 0 aliphatic carbocycles. The number of hydrogen-bond acceptors (Lipinski definition) is 1. The lowest BCUT2D eigenvalue weighted by Gasteiger charge is -2.17. The van der Waals surface area contributed by atoms with Crippen LogP contribution in [0.4, 0.5) is 0 Å². The van der Waals surface area contributed by atoms with Gasteiger partial charge < -0.3 is 4.42 Å². The average molecular weight is 528 g/mol. The lowest BCUT2D eigenvalue weighted by molar-refractivity contribution is 0.632. The molecule has 1 heterocycles. The van der Waals surface area contributed by atoms with Crippen LogP contribution in [-0.4, -0.2) is 0 Å². The predicted octanol–water partition coefficient (Wildman–Crippen LogP) is 11.4. The van der Waals surface area contributed by atoms with Crippen LogP contribution in [0.5, 0.6) is 0 Å². The van der Waals surface area contributed by atoms with Crippen LogP contribution >= 0.6 is 0 Å². The molecule has 0 aliphatic heterocycles. The van der Waals surface area contributed by atoms with Crippen molar-refractivity contribution in [2.75, 3.05) is 0 Å². The van der Waals surface area contributed by atoms with Crippen molar-refractivity contribution >= 4 is 32.5 Å². The van der Waals surface area contributed by atoms with Crippen molar-refractivity contribution < 1.29 is 11.3 Å². The van der Waals surface area contributed by atoms with Crippen LogP contribution in [0.25, 0.3) is 77.2 Å². The molecule has 1 nitrogen and oxygen atoms in total. The molecule has 7 aromatic carbocycles. The topological polar surface area (TPSA) is 13.1 Å². The number of rotatable bonds is 4. The fourth-order valence-corrected chi connectivity index (χ4v) is 5.98. The van der Waals surface area contributed by atoms with Crippen molar-refractivity contribution in [2.45, 2.75) is 0 Å². The molecular weight excluding hydrogens is 496 g/mol. The Hall–Kier alpha value is -5.40. The quantitative estimate of drug-likeness (QED) is 0.207. The minimum absolute atomic E-state index is 0.206. The number of benzene rings is 7. The van der Waals surface area contributed by atoms with E-state index in [0.29, 0.717) is 5.56 Å². The Balaban J connectivity index is 1.37. The van der Waals surface area contributed by atoms with Gasteiger partial charge in [-0.25, -0.2) is 0 Å². The summed E-state index contributed by atoms with van der Waals surface area (Å²) in [5, 5.41) is 4.47. The lowest BCUT2D eigenvalue weighted by atomic mass is 9.86. The summed E-state index contributed by atoms with van der Waals surface area (Å²) in [5.74, 6) is 0.790. The van der Waals surface area contributed by atoms with Gasteiger partial charge in [0.25, 0.3) is 0 Å². The smallest absolute Gasteiger partial charge is 0.136 e. The van der Waals surface area contributed by atoms with Crippen LogP contribution in [0, 0.1) is 0 Å². The van der Waals surface area contributed by atoms with E-state index in [0.717, 1.165) is 66.1 Å². The van der Waals surface area contributed by atoms with Crippen LogP contribution in [0.1, 0.15) is 6.85 Å². The summed E-state index contributed by atoms with van der Waals surface area (Å²) in [6.07, 6.45) is 0. The Morgan fingerprint density at radius 1 is 0.439 bits per heavy atom. The van der Waals surface area contributed by atoms with Crippen LogP contribution in [-0.2, 0) is 0 Å². The van der Waals surface area contributed by atoms with Crippen molar-refractivity contribution in [1.29, 1.82) is 0 Å². The molecule has 0 N–H and O–H groups in total. The van der Waals surface area contributed by atoms with Crippen molar-refractivity contribution in [3.8, 4) is 44.7 Å². The molecule has 0 amide bonds. The van der Waals surface area contributed by atoms with Gasteiger partial charge in [0.2, 0.25) is 0 Å². The van der Waals surface area contributed by atoms with E-state index in [4.69, 9.17) is 11.3 Å². The summed E-state index contributed by atoms with van der Waals surface area (Å²) in [6, 6.07) is 41.2. The van der Waals surface area contributed by atoms with E-state index in [9.17, 15) is 0 Å². The highest BCUT2D eigenvalue weighted by Gasteiger charge is 2.18. The van der Waals surface area contributed by atoms with Gasteiger partial charge >= 0.3 is 0 Å². The molecule has 1 heteroatoms. The van der Waals surface area contributed by atoms with Crippen molar-refractivity contribution in [3.05, 3.63) is 158 Å². The molecule has 0 saturated carbocycles. The Kier molecular flexibility index (Phi) is 4.43. The molecule has 8 rings (SSSR count). The highest BCUT2D eigenvalue weighted by atomic mass is 16.3.